The van der Waals surface area contributed by atoms with Gasteiger partial charge in [-0.3, -0.25) is 0 Å². The Labute approximate surface area is 149 Å². The zero-order valence-corrected chi connectivity index (χ0v) is 16.5. The minimum atomic E-state index is 0.529. The Bertz CT molecular complexity index is 926. The van der Waals surface area contributed by atoms with Crippen LogP contribution >= 0.6 is 0 Å². The molecule has 0 N–H and O–H groups in total. The predicted molar refractivity (Wildman–Crippen MR) is 103 cm³/mol. The molecule has 0 unspecified atom stereocenters. The molecule has 114 valence electrons. The Morgan fingerprint density at radius 1 is 0.652 bits per heavy atom. The van der Waals surface area contributed by atoms with Gasteiger partial charge in [0, 0.05) is 0 Å². The van der Waals surface area contributed by atoms with E-state index in [1.807, 2.05) is 0 Å². The van der Waals surface area contributed by atoms with Crippen LogP contribution in [-0.2, 0) is 0 Å². The first-order valence-corrected chi connectivity index (χ1v) is 12.7. The molecule has 0 amide bonds. The van der Waals surface area contributed by atoms with Gasteiger partial charge in [0.2, 0.25) is 0 Å². The van der Waals surface area contributed by atoms with E-state index in [1.54, 1.807) is 0 Å². The van der Waals surface area contributed by atoms with E-state index in [-0.39, 0.29) is 0 Å². The van der Waals surface area contributed by atoms with Crippen LogP contribution in [0.15, 0.2) is 66.7 Å². The van der Waals surface area contributed by atoms with Crippen molar-refractivity contribution < 1.29 is 0 Å². The molecule has 3 aromatic carbocycles. The van der Waals surface area contributed by atoms with E-state index in [0.717, 1.165) is 0 Å². The number of nitrogens with zero attached hydrogens (tertiary/aromatic N) is 1. The standard InChI is InChI=1S/C20H17NSe2/c1-22-15-8-10-19-17(12-15)18-13-16(23-2)9-11-20(18)21(19)14-6-4-3-5-7-14/h3-13H,1-2H3. The maximum absolute atomic E-state index is 2.39. The molecule has 0 bridgehead atoms. The third-order valence-electron chi connectivity index (χ3n) is 4.19. The summed E-state index contributed by atoms with van der Waals surface area (Å²) >= 11 is 1.06. The molecular formula is C20H17NSe2. The van der Waals surface area contributed by atoms with Crippen LogP contribution in [0, 0.1) is 0 Å². The second-order valence-corrected chi connectivity index (χ2v) is 9.13. The van der Waals surface area contributed by atoms with Crippen molar-refractivity contribution in [1.29, 1.82) is 0 Å². The topological polar surface area (TPSA) is 4.93 Å². The average molecular weight is 429 g/mol. The third-order valence-corrected chi connectivity index (χ3v) is 7.24. The van der Waals surface area contributed by atoms with Crippen molar-refractivity contribution in [2.24, 2.45) is 0 Å². The number of para-hydroxylation sites is 1. The Hall–Kier alpha value is -1.50. The van der Waals surface area contributed by atoms with Gasteiger partial charge in [0.25, 0.3) is 0 Å². The fourth-order valence-electron chi connectivity index (χ4n) is 3.09. The summed E-state index contributed by atoms with van der Waals surface area (Å²) in [6.07, 6.45) is 0. The first kappa shape index (κ1) is 15.1. The first-order valence-electron chi connectivity index (χ1n) is 7.53. The molecular weight excluding hydrogens is 412 g/mol. The summed E-state index contributed by atoms with van der Waals surface area (Å²) in [6.45, 7) is 0. The quantitative estimate of drug-likeness (QED) is 0.440. The van der Waals surface area contributed by atoms with Crippen LogP contribution in [-0.4, -0.2) is 34.5 Å². The molecule has 1 nitrogen and oxygen atoms in total. The minimum absolute atomic E-state index is 0.529. The molecule has 3 heteroatoms. The molecule has 0 aliphatic heterocycles. The monoisotopic (exact) mass is 431 g/mol. The van der Waals surface area contributed by atoms with Crippen molar-refractivity contribution in [3.63, 3.8) is 0 Å². The fourth-order valence-corrected chi connectivity index (χ4v) is 4.94. The molecule has 1 aromatic heterocycles. The summed E-state index contributed by atoms with van der Waals surface area (Å²) in [6, 6.07) is 24.6. The van der Waals surface area contributed by atoms with Gasteiger partial charge in [0.05, 0.1) is 0 Å². The molecule has 1 heterocycles. The number of aromatic nitrogens is 1. The van der Waals surface area contributed by atoms with E-state index in [0.29, 0.717) is 29.9 Å². The van der Waals surface area contributed by atoms with Gasteiger partial charge in [0.1, 0.15) is 0 Å². The Kier molecular flexibility index (Phi) is 4.05. The first-order chi connectivity index (χ1) is 11.3. The van der Waals surface area contributed by atoms with Crippen LogP contribution in [0.1, 0.15) is 0 Å². The van der Waals surface area contributed by atoms with E-state index < -0.39 is 0 Å². The SMILES string of the molecule is C[Se]c1ccc2c(c1)c1cc([Se]C)ccc1n2-c1ccccc1. The summed E-state index contributed by atoms with van der Waals surface area (Å²) in [5, 5.41) is 2.77. The van der Waals surface area contributed by atoms with E-state index in [4.69, 9.17) is 0 Å². The van der Waals surface area contributed by atoms with Gasteiger partial charge < -0.3 is 0 Å². The Morgan fingerprint density at radius 3 is 1.65 bits per heavy atom. The molecule has 4 rings (SSSR count). The van der Waals surface area contributed by atoms with Gasteiger partial charge in [0.15, 0.2) is 0 Å². The Morgan fingerprint density at radius 2 is 1.17 bits per heavy atom. The van der Waals surface area contributed by atoms with E-state index in [2.05, 4.69) is 82.9 Å². The average Bonchev–Trinajstić information content (AvgIpc) is 2.95. The summed E-state index contributed by atoms with van der Waals surface area (Å²) in [7, 11) is 0. The van der Waals surface area contributed by atoms with Crippen molar-refractivity contribution in [2.75, 3.05) is 0 Å². The second kappa shape index (κ2) is 6.18. The summed E-state index contributed by atoms with van der Waals surface area (Å²) < 4.78 is 5.32. The van der Waals surface area contributed by atoms with Crippen molar-refractivity contribution in [1.82, 2.24) is 4.57 Å². The number of rotatable bonds is 3. The molecule has 0 radical (unpaired) electrons. The number of benzene rings is 3. The molecule has 0 aliphatic carbocycles. The van der Waals surface area contributed by atoms with Crippen molar-refractivity contribution in [3.8, 4) is 5.69 Å². The summed E-state index contributed by atoms with van der Waals surface area (Å²) in [5.41, 5.74) is 3.84. The van der Waals surface area contributed by atoms with Crippen LogP contribution in [0.25, 0.3) is 27.5 Å². The second-order valence-electron chi connectivity index (χ2n) is 5.44. The Balaban J connectivity index is 2.15. The number of hydrogen-bond donors (Lipinski definition) is 0. The van der Waals surface area contributed by atoms with Crippen molar-refractivity contribution in [3.05, 3.63) is 66.7 Å². The van der Waals surface area contributed by atoms with Crippen molar-refractivity contribution >= 4 is 60.6 Å². The normalized spacial score (nSPS) is 11.4. The number of hydrogen-bond acceptors (Lipinski definition) is 0. The summed E-state index contributed by atoms with van der Waals surface area (Å²) in [5.74, 6) is 4.57. The van der Waals surface area contributed by atoms with Crippen LogP contribution in [0.4, 0.5) is 0 Å². The van der Waals surface area contributed by atoms with Gasteiger partial charge in [-0.1, -0.05) is 0 Å². The molecule has 0 spiro atoms. The molecule has 0 atom stereocenters. The van der Waals surface area contributed by atoms with Crippen molar-refractivity contribution in [2.45, 2.75) is 11.6 Å². The molecule has 4 aromatic rings. The maximum atomic E-state index is 2.39. The third kappa shape index (κ3) is 2.55. The zero-order valence-electron chi connectivity index (χ0n) is 13.1. The van der Waals surface area contributed by atoms with E-state index in [1.165, 1.54) is 36.4 Å². The van der Waals surface area contributed by atoms with Gasteiger partial charge in [-0.2, -0.15) is 0 Å². The molecule has 23 heavy (non-hydrogen) atoms. The van der Waals surface area contributed by atoms with Gasteiger partial charge in [-0.25, -0.2) is 0 Å². The molecule has 0 fully saturated rings. The number of fused-ring (bicyclic) bond motifs is 3. The van der Waals surface area contributed by atoms with Crippen LogP contribution in [0.2, 0.25) is 11.6 Å². The molecule has 0 saturated heterocycles. The van der Waals surface area contributed by atoms with E-state index >= 15 is 0 Å². The van der Waals surface area contributed by atoms with Crippen LogP contribution < -0.4 is 8.92 Å². The zero-order chi connectivity index (χ0) is 15.8. The molecule has 0 saturated carbocycles. The van der Waals surface area contributed by atoms with E-state index in [9.17, 15) is 0 Å². The van der Waals surface area contributed by atoms with Gasteiger partial charge in [-0.15, -0.1) is 0 Å². The fraction of sp³-hybridized carbons (Fsp3) is 0.100. The molecule has 0 aliphatic rings. The summed E-state index contributed by atoms with van der Waals surface area (Å²) in [4.78, 5) is 0. The van der Waals surface area contributed by atoms with Crippen LogP contribution in [0.5, 0.6) is 0 Å². The predicted octanol–water partition coefficient (Wildman–Crippen LogP) is 3.54. The van der Waals surface area contributed by atoms with Gasteiger partial charge in [-0.05, 0) is 0 Å². The van der Waals surface area contributed by atoms with Crippen LogP contribution in [0.3, 0.4) is 0 Å². The van der Waals surface area contributed by atoms with Gasteiger partial charge >= 0.3 is 149 Å².